The molecule has 3 nitrogen and oxygen atoms in total. The lowest BCUT2D eigenvalue weighted by Gasteiger charge is -2.11. The molecule has 1 heterocycles. The summed E-state index contributed by atoms with van der Waals surface area (Å²) in [6, 6.07) is 3.58. The molecule has 0 fully saturated rings. The van der Waals surface area contributed by atoms with E-state index in [1.54, 1.807) is 11.3 Å². The van der Waals surface area contributed by atoms with Crippen molar-refractivity contribution in [2.24, 2.45) is 0 Å². The molecule has 0 aliphatic carbocycles. The molecule has 0 spiro atoms. The third kappa shape index (κ3) is 2.49. The Labute approximate surface area is 69.3 Å². The molecule has 0 unspecified atom stereocenters. The maximum Gasteiger partial charge on any atom is 0.0886 e. The van der Waals surface area contributed by atoms with Crippen LogP contribution in [0.1, 0.15) is 0 Å². The summed E-state index contributed by atoms with van der Waals surface area (Å²) in [5.41, 5.74) is 0. The summed E-state index contributed by atoms with van der Waals surface area (Å²) in [5.74, 6) is 0. The van der Waals surface area contributed by atoms with Crippen LogP contribution in [0.15, 0.2) is 17.5 Å². The zero-order chi connectivity index (χ0) is 8.10. The standard InChI is InChI=1S/C7H11NO2S/c9-4-6(5-10)8-7-2-1-3-11-7/h1-3,6,8-10H,4-5H2. The summed E-state index contributed by atoms with van der Waals surface area (Å²) in [5, 5.41) is 23.3. The summed E-state index contributed by atoms with van der Waals surface area (Å²) >= 11 is 1.55. The van der Waals surface area contributed by atoms with E-state index in [0.29, 0.717) is 0 Å². The molecule has 0 aliphatic heterocycles. The van der Waals surface area contributed by atoms with Crippen molar-refractivity contribution >= 4 is 16.3 Å². The Hall–Kier alpha value is -0.580. The van der Waals surface area contributed by atoms with Crippen LogP contribution in [0.4, 0.5) is 5.00 Å². The summed E-state index contributed by atoms with van der Waals surface area (Å²) in [7, 11) is 0. The number of nitrogens with one attached hydrogen (secondary N) is 1. The fourth-order valence-electron chi connectivity index (χ4n) is 0.711. The smallest absolute Gasteiger partial charge is 0.0886 e. The van der Waals surface area contributed by atoms with Gasteiger partial charge in [0.15, 0.2) is 0 Å². The van der Waals surface area contributed by atoms with Gasteiger partial charge in [-0.1, -0.05) is 0 Å². The van der Waals surface area contributed by atoms with E-state index in [1.807, 2.05) is 17.5 Å². The van der Waals surface area contributed by atoms with Crippen LogP contribution in [0.25, 0.3) is 0 Å². The van der Waals surface area contributed by atoms with Gasteiger partial charge in [-0.15, -0.1) is 11.3 Å². The van der Waals surface area contributed by atoms with Gasteiger partial charge in [-0.2, -0.15) is 0 Å². The maximum absolute atomic E-state index is 8.71. The van der Waals surface area contributed by atoms with Crippen LogP contribution in [-0.4, -0.2) is 29.5 Å². The number of hydrogen-bond donors (Lipinski definition) is 3. The van der Waals surface area contributed by atoms with Gasteiger partial charge in [0.25, 0.3) is 0 Å². The zero-order valence-electron chi connectivity index (χ0n) is 6.03. The Morgan fingerprint density at radius 2 is 2.18 bits per heavy atom. The Balaban J connectivity index is 2.41. The first-order chi connectivity index (χ1) is 5.36. The van der Waals surface area contributed by atoms with Crippen molar-refractivity contribution in [1.82, 2.24) is 0 Å². The van der Waals surface area contributed by atoms with E-state index in [0.717, 1.165) is 5.00 Å². The van der Waals surface area contributed by atoms with E-state index in [2.05, 4.69) is 5.32 Å². The van der Waals surface area contributed by atoms with Crippen LogP contribution >= 0.6 is 11.3 Å². The van der Waals surface area contributed by atoms with Crippen molar-refractivity contribution in [3.05, 3.63) is 17.5 Å². The monoisotopic (exact) mass is 173 g/mol. The first-order valence-corrected chi connectivity index (χ1v) is 4.26. The van der Waals surface area contributed by atoms with Crippen LogP contribution in [0, 0.1) is 0 Å². The summed E-state index contributed by atoms with van der Waals surface area (Å²) in [6.45, 7) is -0.0944. The molecule has 0 saturated carbocycles. The lowest BCUT2D eigenvalue weighted by Crippen LogP contribution is -2.27. The van der Waals surface area contributed by atoms with Gasteiger partial charge in [-0.25, -0.2) is 0 Å². The molecule has 1 rings (SSSR count). The highest BCUT2D eigenvalue weighted by atomic mass is 32.1. The van der Waals surface area contributed by atoms with Gasteiger partial charge in [-0.3, -0.25) is 0 Å². The fraction of sp³-hybridized carbons (Fsp3) is 0.429. The first kappa shape index (κ1) is 8.52. The van der Waals surface area contributed by atoms with E-state index in [-0.39, 0.29) is 19.3 Å². The van der Waals surface area contributed by atoms with Gasteiger partial charge >= 0.3 is 0 Å². The van der Waals surface area contributed by atoms with Crippen molar-refractivity contribution < 1.29 is 10.2 Å². The number of rotatable bonds is 4. The van der Waals surface area contributed by atoms with Gasteiger partial charge < -0.3 is 15.5 Å². The zero-order valence-corrected chi connectivity index (χ0v) is 6.84. The molecule has 0 aliphatic rings. The van der Waals surface area contributed by atoms with Crippen LogP contribution in [0.2, 0.25) is 0 Å². The minimum absolute atomic E-state index is 0.0472. The molecule has 11 heavy (non-hydrogen) atoms. The molecule has 0 amide bonds. The van der Waals surface area contributed by atoms with Crippen molar-refractivity contribution in [2.45, 2.75) is 6.04 Å². The third-order valence-corrected chi connectivity index (χ3v) is 2.11. The van der Waals surface area contributed by atoms with Crippen LogP contribution < -0.4 is 5.32 Å². The number of anilines is 1. The van der Waals surface area contributed by atoms with Crippen molar-refractivity contribution in [3.8, 4) is 0 Å². The highest BCUT2D eigenvalue weighted by molar-refractivity contribution is 7.14. The van der Waals surface area contributed by atoms with Gasteiger partial charge in [0.05, 0.1) is 24.3 Å². The molecule has 1 aromatic heterocycles. The topological polar surface area (TPSA) is 52.5 Å². The highest BCUT2D eigenvalue weighted by Gasteiger charge is 2.04. The molecule has 0 atom stereocenters. The second-order valence-corrected chi connectivity index (χ2v) is 3.13. The number of thiophene rings is 1. The Morgan fingerprint density at radius 1 is 1.45 bits per heavy atom. The van der Waals surface area contributed by atoms with Crippen LogP contribution in [0.3, 0.4) is 0 Å². The van der Waals surface area contributed by atoms with Crippen molar-refractivity contribution in [3.63, 3.8) is 0 Å². The predicted molar refractivity (Wildman–Crippen MR) is 45.9 cm³/mol. The van der Waals surface area contributed by atoms with E-state index < -0.39 is 0 Å². The van der Waals surface area contributed by atoms with Gasteiger partial charge in [-0.05, 0) is 17.5 Å². The van der Waals surface area contributed by atoms with E-state index in [4.69, 9.17) is 10.2 Å². The summed E-state index contributed by atoms with van der Waals surface area (Å²) < 4.78 is 0. The molecule has 0 radical (unpaired) electrons. The molecule has 1 aromatic rings. The minimum Gasteiger partial charge on any atom is -0.394 e. The van der Waals surface area contributed by atoms with E-state index in [9.17, 15) is 0 Å². The normalized spacial score (nSPS) is 10.5. The second-order valence-electron chi connectivity index (χ2n) is 2.18. The van der Waals surface area contributed by atoms with Gasteiger partial charge in [0, 0.05) is 0 Å². The molecule has 3 N–H and O–H groups in total. The van der Waals surface area contributed by atoms with E-state index >= 15 is 0 Å². The van der Waals surface area contributed by atoms with Gasteiger partial charge in [0.2, 0.25) is 0 Å². The number of hydrogen-bond acceptors (Lipinski definition) is 4. The number of aliphatic hydroxyl groups excluding tert-OH is 2. The first-order valence-electron chi connectivity index (χ1n) is 3.38. The lowest BCUT2D eigenvalue weighted by molar-refractivity contribution is 0.204. The number of aliphatic hydroxyl groups is 2. The quantitative estimate of drug-likeness (QED) is 0.622. The Bertz CT molecular complexity index is 184. The highest BCUT2D eigenvalue weighted by Crippen LogP contribution is 2.15. The minimum atomic E-state index is -0.242. The third-order valence-electron chi connectivity index (χ3n) is 1.31. The fourth-order valence-corrected chi connectivity index (χ4v) is 1.41. The van der Waals surface area contributed by atoms with Gasteiger partial charge in [0.1, 0.15) is 0 Å². The molecular formula is C7H11NO2S. The molecule has 0 saturated heterocycles. The van der Waals surface area contributed by atoms with Crippen LogP contribution in [0.5, 0.6) is 0 Å². The molecule has 0 aromatic carbocycles. The van der Waals surface area contributed by atoms with Crippen molar-refractivity contribution in [1.29, 1.82) is 0 Å². The van der Waals surface area contributed by atoms with Crippen LogP contribution in [-0.2, 0) is 0 Å². The Kier molecular flexibility index (Phi) is 3.35. The average Bonchev–Trinajstić information content (AvgIpc) is 2.52. The molecule has 0 bridgehead atoms. The average molecular weight is 173 g/mol. The Morgan fingerprint density at radius 3 is 2.64 bits per heavy atom. The second kappa shape index (κ2) is 4.33. The summed E-state index contributed by atoms with van der Waals surface area (Å²) in [4.78, 5) is 0. The lowest BCUT2D eigenvalue weighted by atomic mass is 10.3. The maximum atomic E-state index is 8.71. The molecule has 62 valence electrons. The molecule has 4 heteroatoms. The largest absolute Gasteiger partial charge is 0.394 e. The van der Waals surface area contributed by atoms with E-state index in [1.165, 1.54) is 0 Å². The van der Waals surface area contributed by atoms with Crippen molar-refractivity contribution in [2.75, 3.05) is 18.5 Å². The SMILES string of the molecule is OCC(CO)Nc1cccs1. The molecular weight excluding hydrogens is 162 g/mol. The summed E-state index contributed by atoms with van der Waals surface area (Å²) in [6.07, 6.45) is 0. The predicted octanol–water partition coefficient (Wildman–Crippen LogP) is 0.513.